The average Bonchev–Trinajstić information content (AvgIpc) is 3.16. The summed E-state index contributed by atoms with van der Waals surface area (Å²) < 4.78 is 0. The van der Waals surface area contributed by atoms with Crippen molar-refractivity contribution in [2.45, 2.75) is 32.2 Å². The van der Waals surface area contributed by atoms with Crippen molar-refractivity contribution in [2.24, 2.45) is 5.73 Å². The third-order valence-electron chi connectivity index (χ3n) is 4.08. The summed E-state index contributed by atoms with van der Waals surface area (Å²) in [5.74, 6) is -0.499. The van der Waals surface area contributed by atoms with Crippen LogP contribution in [0, 0.1) is 6.92 Å². The predicted octanol–water partition coefficient (Wildman–Crippen LogP) is 2.14. The number of nitrogens with two attached hydrogens (primary N) is 1. The van der Waals surface area contributed by atoms with Crippen LogP contribution in [-0.4, -0.2) is 34.3 Å². The van der Waals surface area contributed by atoms with E-state index in [0.29, 0.717) is 13.0 Å². The zero-order valence-electron chi connectivity index (χ0n) is 13.0. The van der Waals surface area contributed by atoms with Crippen LogP contribution in [0.5, 0.6) is 0 Å². The number of benzene rings is 1. The van der Waals surface area contributed by atoms with Crippen LogP contribution in [0.15, 0.2) is 29.6 Å². The van der Waals surface area contributed by atoms with Crippen LogP contribution in [0.2, 0.25) is 0 Å². The van der Waals surface area contributed by atoms with Gasteiger partial charge in [0.25, 0.3) is 0 Å². The van der Waals surface area contributed by atoms with Crippen molar-refractivity contribution in [2.75, 3.05) is 6.54 Å². The van der Waals surface area contributed by atoms with Crippen molar-refractivity contribution in [1.82, 2.24) is 9.88 Å². The highest BCUT2D eigenvalue weighted by molar-refractivity contribution is 7.13. The molecule has 1 aliphatic rings. The Labute approximate surface area is 139 Å². The van der Waals surface area contributed by atoms with E-state index in [1.807, 2.05) is 36.6 Å². The molecule has 0 bridgehead atoms. The second-order valence-electron chi connectivity index (χ2n) is 5.83. The molecule has 3 rings (SSSR count). The largest absolute Gasteiger partial charge is 0.368 e. The van der Waals surface area contributed by atoms with Gasteiger partial charge >= 0.3 is 0 Å². The zero-order valence-corrected chi connectivity index (χ0v) is 13.8. The van der Waals surface area contributed by atoms with Gasteiger partial charge in [-0.2, -0.15) is 0 Å². The first-order valence-electron chi connectivity index (χ1n) is 7.65. The number of aryl methyl sites for hydroxylation is 1. The lowest BCUT2D eigenvalue weighted by atomic mass is 10.1. The molecular weight excluding hydrogens is 310 g/mol. The van der Waals surface area contributed by atoms with E-state index >= 15 is 0 Å². The Kier molecular flexibility index (Phi) is 4.43. The van der Waals surface area contributed by atoms with Gasteiger partial charge in [0, 0.05) is 17.5 Å². The first-order chi connectivity index (χ1) is 11.0. The topological polar surface area (TPSA) is 76.3 Å². The lowest BCUT2D eigenvalue weighted by molar-refractivity contribution is -0.136. The molecule has 0 spiro atoms. The number of amides is 2. The third kappa shape index (κ3) is 3.42. The number of likely N-dealkylation sites (tertiary alicyclic amines) is 1. The van der Waals surface area contributed by atoms with E-state index in [-0.39, 0.29) is 12.3 Å². The van der Waals surface area contributed by atoms with Gasteiger partial charge in [-0.25, -0.2) is 4.98 Å². The normalized spacial score (nSPS) is 17.4. The lowest BCUT2D eigenvalue weighted by Crippen LogP contribution is -2.44. The highest BCUT2D eigenvalue weighted by Gasteiger charge is 2.32. The van der Waals surface area contributed by atoms with E-state index < -0.39 is 11.9 Å². The molecule has 0 aliphatic carbocycles. The lowest BCUT2D eigenvalue weighted by Gasteiger charge is -2.21. The number of primary amides is 1. The van der Waals surface area contributed by atoms with E-state index in [0.717, 1.165) is 22.7 Å². The fraction of sp³-hybridized carbons (Fsp3) is 0.353. The predicted molar refractivity (Wildman–Crippen MR) is 89.9 cm³/mol. The quantitative estimate of drug-likeness (QED) is 0.933. The summed E-state index contributed by atoms with van der Waals surface area (Å²) in [5.41, 5.74) is 8.36. The Morgan fingerprint density at radius 3 is 2.78 bits per heavy atom. The van der Waals surface area contributed by atoms with Crippen molar-refractivity contribution in [3.63, 3.8) is 0 Å². The summed E-state index contributed by atoms with van der Waals surface area (Å²) >= 11 is 1.53. The van der Waals surface area contributed by atoms with Crippen molar-refractivity contribution < 1.29 is 9.59 Å². The van der Waals surface area contributed by atoms with Crippen LogP contribution in [0.25, 0.3) is 10.6 Å². The van der Waals surface area contributed by atoms with Gasteiger partial charge in [0.2, 0.25) is 11.8 Å². The van der Waals surface area contributed by atoms with Crippen LogP contribution >= 0.6 is 11.3 Å². The van der Waals surface area contributed by atoms with E-state index in [1.165, 1.54) is 16.9 Å². The number of carbonyl (C=O) groups excluding carboxylic acids is 2. The second kappa shape index (κ2) is 6.50. The Bertz CT molecular complexity index is 724. The van der Waals surface area contributed by atoms with Gasteiger partial charge in [-0.05, 0) is 19.8 Å². The number of hydrogen-bond donors (Lipinski definition) is 1. The van der Waals surface area contributed by atoms with Crippen molar-refractivity contribution in [3.05, 3.63) is 40.9 Å². The first-order valence-corrected chi connectivity index (χ1v) is 8.53. The van der Waals surface area contributed by atoms with Crippen LogP contribution < -0.4 is 5.73 Å². The number of carbonyl (C=O) groups is 2. The third-order valence-corrected chi connectivity index (χ3v) is 5.02. The molecule has 1 aromatic heterocycles. The summed E-state index contributed by atoms with van der Waals surface area (Å²) in [6, 6.07) is 7.69. The molecule has 2 heterocycles. The van der Waals surface area contributed by atoms with Gasteiger partial charge in [-0.15, -0.1) is 11.3 Å². The molecule has 5 nitrogen and oxygen atoms in total. The molecule has 0 radical (unpaired) electrons. The molecule has 0 unspecified atom stereocenters. The Hall–Kier alpha value is -2.21. The minimum atomic E-state index is -0.460. The zero-order chi connectivity index (χ0) is 16.4. The maximum Gasteiger partial charge on any atom is 0.240 e. The molecule has 1 fully saturated rings. The minimum Gasteiger partial charge on any atom is -0.368 e. The monoisotopic (exact) mass is 329 g/mol. The van der Waals surface area contributed by atoms with Crippen molar-refractivity contribution in [1.29, 1.82) is 0 Å². The first kappa shape index (κ1) is 15.7. The van der Waals surface area contributed by atoms with Crippen LogP contribution in [0.4, 0.5) is 0 Å². The van der Waals surface area contributed by atoms with Gasteiger partial charge in [-0.1, -0.05) is 29.8 Å². The average molecular weight is 329 g/mol. The number of rotatable bonds is 4. The summed E-state index contributed by atoms with van der Waals surface area (Å²) in [6.45, 7) is 2.64. The van der Waals surface area contributed by atoms with Crippen LogP contribution in [-0.2, 0) is 16.0 Å². The maximum absolute atomic E-state index is 12.4. The Morgan fingerprint density at radius 1 is 1.35 bits per heavy atom. The molecule has 1 aromatic carbocycles. The number of hydrogen-bond acceptors (Lipinski definition) is 4. The van der Waals surface area contributed by atoms with Gasteiger partial charge < -0.3 is 10.6 Å². The number of nitrogens with zero attached hydrogens (tertiary/aromatic N) is 2. The summed E-state index contributed by atoms with van der Waals surface area (Å²) in [5, 5.41) is 2.81. The maximum atomic E-state index is 12.4. The van der Waals surface area contributed by atoms with Gasteiger partial charge in [0.1, 0.15) is 11.0 Å². The van der Waals surface area contributed by atoms with Crippen molar-refractivity contribution in [3.8, 4) is 10.6 Å². The summed E-state index contributed by atoms with van der Waals surface area (Å²) in [7, 11) is 0. The molecule has 1 aliphatic heterocycles. The molecular formula is C17H19N3O2S. The fourth-order valence-electron chi connectivity index (χ4n) is 2.83. The van der Waals surface area contributed by atoms with Gasteiger partial charge in [0.15, 0.2) is 0 Å². The standard InChI is InChI=1S/C17H19N3O2S/c1-11-4-6-12(7-5-11)17-19-13(10-23-17)9-15(21)20-8-2-3-14(20)16(18)22/h4-7,10,14H,2-3,8-9H2,1H3,(H2,18,22)/t14-/m0/s1. The Morgan fingerprint density at radius 2 is 2.09 bits per heavy atom. The summed E-state index contributed by atoms with van der Waals surface area (Å²) in [6.07, 6.45) is 1.70. The highest BCUT2D eigenvalue weighted by Crippen LogP contribution is 2.25. The molecule has 6 heteroatoms. The Balaban J connectivity index is 1.70. The van der Waals surface area contributed by atoms with Crippen LogP contribution in [0.1, 0.15) is 24.1 Å². The summed E-state index contributed by atoms with van der Waals surface area (Å²) in [4.78, 5) is 29.9. The fourth-order valence-corrected chi connectivity index (χ4v) is 3.66. The minimum absolute atomic E-state index is 0.0768. The van der Waals surface area contributed by atoms with Gasteiger partial charge in [-0.3, -0.25) is 9.59 Å². The molecule has 1 saturated heterocycles. The smallest absolute Gasteiger partial charge is 0.240 e. The molecule has 23 heavy (non-hydrogen) atoms. The van der Waals surface area contributed by atoms with E-state index in [1.54, 1.807) is 4.90 Å². The van der Waals surface area contributed by atoms with E-state index in [9.17, 15) is 9.59 Å². The number of thiazole rings is 1. The second-order valence-corrected chi connectivity index (χ2v) is 6.69. The van der Waals surface area contributed by atoms with E-state index in [4.69, 9.17) is 5.73 Å². The molecule has 0 saturated carbocycles. The molecule has 120 valence electrons. The molecule has 2 aromatic rings. The van der Waals surface area contributed by atoms with Crippen LogP contribution in [0.3, 0.4) is 0 Å². The van der Waals surface area contributed by atoms with E-state index in [2.05, 4.69) is 4.98 Å². The molecule has 1 atom stereocenters. The number of aromatic nitrogens is 1. The molecule has 2 N–H and O–H groups in total. The van der Waals surface area contributed by atoms with Gasteiger partial charge in [0.05, 0.1) is 12.1 Å². The highest BCUT2D eigenvalue weighted by atomic mass is 32.1. The molecule has 2 amide bonds. The SMILES string of the molecule is Cc1ccc(-c2nc(CC(=O)N3CCC[C@H]3C(N)=O)cs2)cc1. The van der Waals surface area contributed by atoms with Crippen molar-refractivity contribution >= 4 is 23.2 Å².